The molecule has 9 heteroatoms. The van der Waals surface area contributed by atoms with E-state index in [0.29, 0.717) is 17.1 Å². The van der Waals surface area contributed by atoms with Crippen molar-refractivity contribution in [1.29, 1.82) is 0 Å². The van der Waals surface area contributed by atoms with Crippen LogP contribution in [0.2, 0.25) is 5.02 Å². The van der Waals surface area contributed by atoms with E-state index < -0.39 is 28.7 Å². The van der Waals surface area contributed by atoms with Gasteiger partial charge in [0, 0.05) is 5.25 Å². The molecule has 3 saturated heterocycles. The number of amides is 2. The van der Waals surface area contributed by atoms with E-state index in [0.717, 1.165) is 12.0 Å². The Labute approximate surface area is 216 Å². The van der Waals surface area contributed by atoms with E-state index in [-0.39, 0.29) is 48.1 Å². The zero-order chi connectivity index (χ0) is 25.7. The summed E-state index contributed by atoms with van der Waals surface area (Å²) < 4.78 is 4.61. The molecule has 2 amide bonds. The van der Waals surface area contributed by atoms with Crippen LogP contribution in [-0.2, 0) is 19.1 Å². The number of carbonyl (C=O) groups excluding carboxylic acids is 3. The van der Waals surface area contributed by atoms with Crippen LogP contribution in [0.3, 0.4) is 0 Å². The molecular formula is C26H35ClN2O5S. The van der Waals surface area contributed by atoms with Crippen LogP contribution in [0.15, 0.2) is 18.2 Å². The molecule has 1 aromatic carbocycles. The number of esters is 1. The third kappa shape index (κ3) is 4.15. The Morgan fingerprint density at radius 1 is 1.37 bits per heavy atom. The van der Waals surface area contributed by atoms with E-state index >= 15 is 0 Å². The van der Waals surface area contributed by atoms with Crippen LogP contribution in [0.4, 0.5) is 5.69 Å². The van der Waals surface area contributed by atoms with Gasteiger partial charge in [0.05, 0.1) is 46.5 Å². The van der Waals surface area contributed by atoms with E-state index in [2.05, 4.69) is 12.2 Å². The number of aliphatic hydroxyl groups excluding tert-OH is 1. The van der Waals surface area contributed by atoms with Crippen molar-refractivity contribution in [1.82, 2.24) is 4.90 Å². The number of halogens is 1. The lowest BCUT2D eigenvalue weighted by Crippen LogP contribution is -2.57. The maximum Gasteiger partial charge on any atom is 0.310 e. The number of hydrogen-bond donors (Lipinski definition) is 2. The van der Waals surface area contributed by atoms with E-state index in [1.807, 2.05) is 32.9 Å². The van der Waals surface area contributed by atoms with Crippen LogP contribution in [-0.4, -0.2) is 63.1 Å². The Balaban J connectivity index is 1.81. The minimum absolute atomic E-state index is 0.0311. The number of likely N-dealkylation sites (tertiary alicyclic amines) is 1. The Morgan fingerprint density at radius 3 is 2.69 bits per heavy atom. The molecule has 2 N–H and O–H groups in total. The molecule has 1 aromatic rings. The van der Waals surface area contributed by atoms with Crippen molar-refractivity contribution in [2.45, 2.75) is 69.5 Å². The lowest BCUT2D eigenvalue weighted by molar-refractivity contribution is -0.154. The first-order chi connectivity index (χ1) is 16.6. The Morgan fingerprint density at radius 2 is 2.09 bits per heavy atom. The molecule has 35 heavy (non-hydrogen) atoms. The highest BCUT2D eigenvalue weighted by Crippen LogP contribution is 2.69. The lowest BCUT2D eigenvalue weighted by Gasteiger charge is -2.40. The number of fused-ring (bicyclic) bond motifs is 1. The second-order valence-corrected chi connectivity index (χ2v) is 12.4. The number of para-hydroxylation sites is 1. The molecule has 7 atom stereocenters. The maximum atomic E-state index is 14.1. The topological polar surface area (TPSA) is 95.9 Å². The van der Waals surface area contributed by atoms with Gasteiger partial charge in [-0.2, -0.15) is 0 Å². The summed E-state index contributed by atoms with van der Waals surface area (Å²) in [5, 5.41) is 13.7. The zero-order valence-corrected chi connectivity index (χ0v) is 22.5. The third-order valence-electron chi connectivity index (χ3n) is 7.81. The van der Waals surface area contributed by atoms with E-state index in [1.54, 1.807) is 29.7 Å². The second kappa shape index (κ2) is 9.94. The molecule has 3 heterocycles. The average molecular weight is 523 g/mol. The van der Waals surface area contributed by atoms with Crippen molar-refractivity contribution < 1.29 is 24.2 Å². The van der Waals surface area contributed by atoms with Crippen molar-refractivity contribution in [3.8, 4) is 0 Å². The number of nitrogens with one attached hydrogen (secondary N) is 1. The van der Waals surface area contributed by atoms with Gasteiger partial charge in [0.1, 0.15) is 6.04 Å². The van der Waals surface area contributed by atoms with E-state index in [9.17, 15) is 19.5 Å². The van der Waals surface area contributed by atoms with Crippen LogP contribution >= 0.6 is 23.4 Å². The average Bonchev–Trinajstić information content (AvgIpc) is 3.38. The van der Waals surface area contributed by atoms with Gasteiger partial charge in [0.2, 0.25) is 11.8 Å². The summed E-state index contributed by atoms with van der Waals surface area (Å²) in [7, 11) is 0. The van der Waals surface area contributed by atoms with Gasteiger partial charge in [-0.3, -0.25) is 14.4 Å². The number of rotatable bonds is 8. The molecule has 3 unspecified atom stereocenters. The number of benzene rings is 1. The standard InChI is InChI=1S/C26H35ClN2O5S/c1-6-34-25(33)19-18-11-15(5)26(35-18)20(19)24(32)29(16(12-30)10-13(2)3)22(26)23(31)28-21-14(4)8-7-9-17(21)27/h7-9,13,15-16,18-20,22,30H,6,10-12H2,1-5H3,(H,28,31)/t15?,16-,18+,19-,20+,22?,26?/m1/s1. The first-order valence-corrected chi connectivity index (χ1v) is 13.7. The van der Waals surface area contributed by atoms with Crippen LogP contribution in [0, 0.1) is 30.6 Å². The highest BCUT2D eigenvalue weighted by Gasteiger charge is 2.76. The molecular weight excluding hydrogens is 488 g/mol. The Kier molecular flexibility index (Phi) is 7.47. The normalized spacial score (nSPS) is 32.2. The molecule has 3 aliphatic heterocycles. The van der Waals surface area contributed by atoms with Crippen LogP contribution in [0.1, 0.15) is 46.1 Å². The highest BCUT2D eigenvalue weighted by atomic mass is 35.5. The van der Waals surface area contributed by atoms with Gasteiger partial charge in [0.15, 0.2) is 0 Å². The van der Waals surface area contributed by atoms with Gasteiger partial charge in [-0.25, -0.2) is 0 Å². The fraction of sp³-hybridized carbons (Fsp3) is 0.654. The largest absolute Gasteiger partial charge is 0.466 e. The van der Waals surface area contributed by atoms with Crippen LogP contribution < -0.4 is 5.32 Å². The number of aryl methyl sites for hydroxylation is 1. The van der Waals surface area contributed by atoms with Gasteiger partial charge in [-0.15, -0.1) is 11.8 Å². The maximum absolute atomic E-state index is 14.1. The number of carbonyl (C=O) groups is 3. The van der Waals surface area contributed by atoms with Gasteiger partial charge >= 0.3 is 5.97 Å². The molecule has 3 fully saturated rings. The number of nitrogens with zero attached hydrogens (tertiary/aromatic N) is 1. The third-order valence-corrected chi connectivity index (χ3v) is 10.2. The molecule has 192 valence electrons. The Bertz CT molecular complexity index is 999. The molecule has 0 aromatic heterocycles. The minimum atomic E-state index is -0.837. The van der Waals surface area contributed by atoms with Crippen molar-refractivity contribution in [3.63, 3.8) is 0 Å². The quantitative estimate of drug-likeness (QED) is 0.503. The SMILES string of the molecule is CCOC(=O)[C@@H]1[C@@H]2CC(C)C3(S2)C(C(=O)Nc2c(C)cccc2Cl)N([C@@H](CO)CC(C)C)C(=O)[C@H]13. The van der Waals surface area contributed by atoms with Gasteiger partial charge < -0.3 is 20.1 Å². The summed E-state index contributed by atoms with van der Waals surface area (Å²) in [6.07, 6.45) is 1.28. The van der Waals surface area contributed by atoms with Crippen molar-refractivity contribution in [3.05, 3.63) is 28.8 Å². The number of thioether (sulfide) groups is 1. The highest BCUT2D eigenvalue weighted by molar-refractivity contribution is 8.02. The monoisotopic (exact) mass is 522 g/mol. The first kappa shape index (κ1) is 26.3. The Hall–Kier alpha value is -1.77. The van der Waals surface area contributed by atoms with Crippen molar-refractivity contribution in [2.24, 2.45) is 23.7 Å². The molecule has 0 saturated carbocycles. The summed E-state index contributed by atoms with van der Waals surface area (Å²) in [6.45, 7) is 9.71. The predicted molar refractivity (Wildman–Crippen MR) is 137 cm³/mol. The summed E-state index contributed by atoms with van der Waals surface area (Å²) in [6, 6.07) is 4.03. The molecule has 2 bridgehead atoms. The number of anilines is 1. The van der Waals surface area contributed by atoms with Crippen LogP contribution in [0.25, 0.3) is 0 Å². The minimum Gasteiger partial charge on any atom is -0.466 e. The smallest absolute Gasteiger partial charge is 0.310 e. The second-order valence-electron chi connectivity index (χ2n) is 10.4. The molecule has 0 radical (unpaired) electrons. The number of hydrogen-bond acceptors (Lipinski definition) is 6. The van der Waals surface area contributed by atoms with Gasteiger partial charge in [0.25, 0.3) is 0 Å². The summed E-state index contributed by atoms with van der Waals surface area (Å²) in [5.74, 6) is -1.96. The molecule has 0 aliphatic carbocycles. The molecule has 4 rings (SSSR count). The molecule has 3 aliphatic rings. The lowest BCUT2D eigenvalue weighted by atomic mass is 9.66. The fourth-order valence-electron chi connectivity index (χ4n) is 6.46. The number of ether oxygens (including phenoxy) is 1. The molecule has 1 spiro atoms. The predicted octanol–water partition coefficient (Wildman–Crippen LogP) is 3.89. The first-order valence-electron chi connectivity index (χ1n) is 12.4. The van der Waals surface area contributed by atoms with Crippen molar-refractivity contribution >= 4 is 46.8 Å². The summed E-state index contributed by atoms with van der Waals surface area (Å²) in [5.41, 5.74) is 1.33. The van der Waals surface area contributed by atoms with Crippen molar-refractivity contribution in [2.75, 3.05) is 18.5 Å². The van der Waals surface area contributed by atoms with Gasteiger partial charge in [-0.05, 0) is 50.2 Å². The number of aliphatic hydroxyl groups is 1. The zero-order valence-electron chi connectivity index (χ0n) is 20.9. The summed E-state index contributed by atoms with van der Waals surface area (Å²) in [4.78, 5) is 42.8. The summed E-state index contributed by atoms with van der Waals surface area (Å²) >= 11 is 8.01. The van der Waals surface area contributed by atoms with E-state index in [1.165, 1.54) is 0 Å². The van der Waals surface area contributed by atoms with Crippen LogP contribution in [0.5, 0.6) is 0 Å². The van der Waals surface area contributed by atoms with Gasteiger partial charge in [-0.1, -0.05) is 44.5 Å². The van der Waals surface area contributed by atoms with E-state index in [4.69, 9.17) is 16.3 Å². The fourth-order valence-corrected chi connectivity index (χ4v) is 9.13. The molecule has 7 nitrogen and oxygen atoms in total.